The van der Waals surface area contributed by atoms with Gasteiger partial charge in [-0.25, -0.2) is 9.97 Å². The highest BCUT2D eigenvalue weighted by molar-refractivity contribution is 6.35. The molecule has 1 aromatic heterocycles. The Balaban J connectivity index is 2.61. The zero-order valence-electron chi connectivity index (χ0n) is 10.6. The summed E-state index contributed by atoms with van der Waals surface area (Å²) >= 11 is 12.2. The molecule has 0 spiro atoms. The van der Waals surface area contributed by atoms with Crippen LogP contribution in [0.15, 0.2) is 24.5 Å². The molecule has 0 saturated heterocycles. The summed E-state index contributed by atoms with van der Waals surface area (Å²) in [6, 6.07) is 5.21. The Morgan fingerprint density at radius 3 is 2.74 bits per heavy atom. The first kappa shape index (κ1) is 13.9. The third-order valence-corrected chi connectivity index (χ3v) is 3.10. The molecular formula is C13H13Cl2N3O. The molecule has 19 heavy (non-hydrogen) atoms. The molecule has 1 heterocycles. The standard InChI is InChI=1S/C13H13Cl2N3O/c1-3-16-13-12(19-2)11(17-7-18-13)9-6-8(14)4-5-10(9)15/h4-7H,3H2,1-2H3,(H,16,17,18). The van der Waals surface area contributed by atoms with Crippen LogP contribution in [-0.4, -0.2) is 23.6 Å². The van der Waals surface area contributed by atoms with Gasteiger partial charge in [-0.1, -0.05) is 23.2 Å². The van der Waals surface area contributed by atoms with E-state index in [2.05, 4.69) is 15.3 Å². The maximum atomic E-state index is 6.19. The Kier molecular flexibility index (Phi) is 4.45. The molecule has 2 aromatic rings. The number of nitrogens with zero attached hydrogens (tertiary/aromatic N) is 2. The van der Waals surface area contributed by atoms with Crippen molar-refractivity contribution < 1.29 is 4.74 Å². The normalized spacial score (nSPS) is 10.3. The molecule has 6 heteroatoms. The molecular weight excluding hydrogens is 285 g/mol. The van der Waals surface area contributed by atoms with E-state index in [-0.39, 0.29) is 0 Å². The first-order valence-electron chi connectivity index (χ1n) is 5.75. The Bertz CT molecular complexity index is 590. The summed E-state index contributed by atoms with van der Waals surface area (Å²) in [6.45, 7) is 2.71. The summed E-state index contributed by atoms with van der Waals surface area (Å²) in [7, 11) is 1.57. The zero-order valence-corrected chi connectivity index (χ0v) is 12.1. The third kappa shape index (κ3) is 2.91. The van der Waals surface area contributed by atoms with Gasteiger partial charge in [0.2, 0.25) is 0 Å². The molecule has 0 fully saturated rings. The van der Waals surface area contributed by atoms with Crippen LogP contribution in [0.3, 0.4) is 0 Å². The van der Waals surface area contributed by atoms with Crippen LogP contribution in [0.1, 0.15) is 6.92 Å². The maximum Gasteiger partial charge on any atom is 0.187 e. The number of benzene rings is 1. The number of halogens is 2. The SMILES string of the molecule is CCNc1ncnc(-c2cc(Cl)ccc2Cl)c1OC. The Morgan fingerprint density at radius 2 is 2.05 bits per heavy atom. The number of methoxy groups -OCH3 is 1. The number of hydrogen-bond acceptors (Lipinski definition) is 4. The fourth-order valence-corrected chi connectivity index (χ4v) is 2.11. The molecule has 1 aromatic carbocycles. The first-order chi connectivity index (χ1) is 9.17. The van der Waals surface area contributed by atoms with Gasteiger partial charge >= 0.3 is 0 Å². The molecule has 0 aliphatic heterocycles. The summed E-state index contributed by atoms with van der Waals surface area (Å²) < 4.78 is 5.39. The van der Waals surface area contributed by atoms with E-state index >= 15 is 0 Å². The van der Waals surface area contributed by atoms with E-state index in [1.165, 1.54) is 6.33 Å². The summed E-state index contributed by atoms with van der Waals surface area (Å²) in [5.74, 6) is 1.18. The van der Waals surface area contributed by atoms with Crippen molar-refractivity contribution in [3.8, 4) is 17.0 Å². The van der Waals surface area contributed by atoms with Crippen molar-refractivity contribution in [1.29, 1.82) is 0 Å². The van der Waals surface area contributed by atoms with Crippen LogP contribution in [0.25, 0.3) is 11.3 Å². The van der Waals surface area contributed by atoms with Gasteiger partial charge in [0.05, 0.1) is 12.1 Å². The number of rotatable bonds is 4. The van der Waals surface area contributed by atoms with Crippen LogP contribution >= 0.6 is 23.2 Å². The summed E-state index contributed by atoms with van der Waals surface area (Å²) in [5, 5.41) is 4.27. The highest BCUT2D eigenvalue weighted by atomic mass is 35.5. The quantitative estimate of drug-likeness (QED) is 0.930. The van der Waals surface area contributed by atoms with Gasteiger partial charge in [-0.05, 0) is 25.1 Å². The third-order valence-electron chi connectivity index (χ3n) is 2.54. The minimum atomic E-state index is 0.550. The first-order valence-corrected chi connectivity index (χ1v) is 6.51. The molecule has 100 valence electrons. The van der Waals surface area contributed by atoms with Crippen molar-refractivity contribution >= 4 is 29.0 Å². The maximum absolute atomic E-state index is 6.19. The van der Waals surface area contributed by atoms with Crippen LogP contribution in [0, 0.1) is 0 Å². The predicted molar refractivity (Wildman–Crippen MR) is 78.2 cm³/mol. The van der Waals surface area contributed by atoms with Gasteiger partial charge < -0.3 is 10.1 Å². The number of anilines is 1. The predicted octanol–water partition coefficient (Wildman–Crippen LogP) is 3.89. The summed E-state index contributed by atoms with van der Waals surface area (Å²) in [4.78, 5) is 8.40. The Labute approximate surface area is 121 Å². The lowest BCUT2D eigenvalue weighted by Crippen LogP contribution is -2.04. The highest BCUT2D eigenvalue weighted by Crippen LogP contribution is 2.37. The van der Waals surface area contributed by atoms with Crippen molar-refractivity contribution in [2.45, 2.75) is 6.92 Å². The van der Waals surface area contributed by atoms with Gasteiger partial charge in [-0.2, -0.15) is 0 Å². The van der Waals surface area contributed by atoms with Crippen LogP contribution in [0.5, 0.6) is 5.75 Å². The molecule has 1 N–H and O–H groups in total. The smallest absolute Gasteiger partial charge is 0.187 e. The van der Waals surface area contributed by atoms with Crippen molar-refractivity contribution in [2.75, 3.05) is 19.0 Å². The minimum absolute atomic E-state index is 0.550. The molecule has 2 rings (SSSR count). The number of nitrogens with one attached hydrogen (secondary N) is 1. The lowest BCUT2D eigenvalue weighted by Gasteiger charge is -2.13. The number of hydrogen-bond donors (Lipinski definition) is 1. The van der Waals surface area contributed by atoms with Crippen molar-refractivity contribution in [3.05, 3.63) is 34.6 Å². The van der Waals surface area contributed by atoms with Gasteiger partial charge in [0.15, 0.2) is 11.6 Å². The average molecular weight is 298 g/mol. The summed E-state index contributed by atoms with van der Waals surface area (Å²) in [6.07, 6.45) is 1.47. The lowest BCUT2D eigenvalue weighted by atomic mass is 10.1. The van der Waals surface area contributed by atoms with Gasteiger partial charge in [-0.15, -0.1) is 0 Å². The number of aromatic nitrogens is 2. The van der Waals surface area contributed by atoms with Gasteiger partial charge in [0.25, 0.3) is 0 Å². The largest absolute Gasteiger partial charge is 0.491 e. The molecule has 0 aliphatic rings. The van der Waals surface area contributed by atoms with E-state index in [1.54, 1.807) is 25.3 Å². The van der Waals surface area contributed by atoms with Crippen molar-refractivity contribution in [2.24, 2.45) is 0 Å². The van der Waals surface area contributed by atoms with Crippen LogP contribution in [0.2, 0.25) is 10.0 Å². The van der Waals surface area contributed by atoms with Gasteiger partial charge in [0.1, 0.15) is 12.0 Å². The van der Waals surface area contributed by atoms with E-state index in [4.69, 9.17) is 27.9 Å². The van der Waals surface area contributed by atoms with Crippen molar-refractivity contribution in [1.82, 2.24) is 9.97 Å². The summed E-state index contributed by atoms with van der Waals surface area (Å²) in [5.41, 5.74) is 1.33. The van der Waals surface area contributed by atoms with Crippen LogP contribution < -0.4 is 10.1 Å². The molecule has 0 radical (unpaired) electrons. The minimum Gasteiger partial charge on any atom is -0.491 e. The second-order valence-electron chi connectivity index (χ2n) is 3.76. The van der Waals surface area contributed by atoms with E-state index in [9.17, 15) is 0 Å². The van der Waals surface area contributed by atoms with Gasteiger partial charge in [-0.3, -0.25) is 0 Å². The fourth-order valence-electron chi connectivity index (χ4n) is 1.73. The van der Waals surface area contributed by atoms with E-state index in [1.807, 2.05) is 6.92 Å². The molecule has 4 nitrogen and oxygen atoms in total. The fraction of sp³-hybridized carbons (Fsp3) is 0.231. The zero-order chi connectivity index (χ0) is 13.8. The molecule has 0 atom stereocenters. The Morgan fingerprint density at radius 1 is 1.26 bits per heavy atom. The van der Waals surface area contributed by atoms with Crippen LogP contribution in [-0.2, 0) is 0 Å². The Hall–Kier alpha value is -1.52. The molecule has 0 aliphatic carbocycles. The van der Waals surface area contributed by atoms with Crippen molar-refractivity contribution in [3.63, 3.8) is 0 Å². The molecule has 0 unspecified atom stereocenters. The lowest BCUT2D eigenvalue weighted by molar-refractivity contribution is 0.414. The second kappa shape index (κ2) is 6.08. The topological polar surface area (TPSA) is 47.0 Å². The van der Waals surface area contributed by atoms with E-state index < -0.39 is 0 Å². The van der Waals surface area contributed by atoms with Gasteiger partial charge in [0, 0.05) is 17.1 Å². The average Bonchev–Trinajstić information content (AvgIpc) is 2.41. The molecule has 0 amide bonds. The number of ether oxygens (including phenoxy) is 1. The monoisotopic (exact) mass is 297 g/mol. The molecule has 0 bridgehead atoms. The highest BCUT2D eigenvalue weighted by Gasteiger charge is 2.16. The van der Waals surface area contributed by atoms with E-state index in [0.717, 1.165) is 6.54 Å². The second-order valence-corrected chi connectivity index (χ2v) is 4.60. The van der Waals surface area contributed by atoms with E-state index in [0.29, 0.717) is 32.9 Å². The molecule has 0 saturated carbocycles. The van der Waals surface area contributed by atoms with Crippen LogP contribution in [0.4, 0.5) is 5.82 Å².